The fourth-order valence-corrected chi connectivity index (χ4v) is 2.72. The van der Waals surface area contributed by atoms with E-state index in [1.807, 2.05) is 0 Å². The third kappa shape index (κ3) is 4.38. The highest BCUT2D eigenvalue weighted by Gasteiger charge is 2.05. The average molecular weight is 267 g/mol. The van der Waals surface area contributed by atoms with E-state index in [1.54, 1.807) is 12.7 Å². The third-order valence-corrected chi connectivity index (χ3v) is 3.82. The summed E-state index contributed by atoms with van der Waals surface area (Å²) in [6.45, 7) is 1.65. The van der Waals surface area contributed by atoms with Gasteiger partial charge in [0.1, 0.15) is 5.82 Å². The number of hydrogen-bond donors (Lipinski definition) is 1. The Balaban J connectivity index is 1.69. The molecule has 18 heavy (non-hydrogen) atoms. The minimum absolute atomic E-state index is 0.684. The van der Waals surface area contributed by atoms with Gasteiger partial charge in [-0.2, -0.15) is 4.37 Å². The van der Waals surface area contributed by atoms with E-state index < -0.39 is 0 Å². The van der Waals surface area contributed by atoms with Crippen LogP contribution in [0.3, 0.4) is 0 Å². The number of aromatic nitrogens is 2. The highest BCUT2D eigenvalue weighted by Crippen LogP contribution is 2.20. The van der Waals surface area contributed by atoms with E-state index in [9.17, 15) is 0 Å². The molecule has 0 atom stereocenters. The third-order valence-electron chi connectivity index (χ3n) is 3.11. The van der Waals surface area contributed by atoms with Crippen LogP contribution in [-0.4, -0.2) is 29.6 Å². The molecule has 1 aromatic heterocycles. The van der Waals surface area contributed by atoms with Crippen LogP contribution in [0.5, 0.6) is 0 Å². The summed E-state index contributed by atoms with van der Waals surface area (Å²) in [6.07, 6.45) is 9.57. The maximum absolute atomic E-state index is 5.01. The zero-order valence-corrected chi connectivity index (χ0v) is 11.8. The van der Waals surface area contributed by atoms with Gasteiger partial charge < -0.3 is 10.1 Å². The molecule has 1 aliphatic carbocycles. The maximum atomic E-state index is 5.01. The van der Waals surface area contributed by atoms with Crippen LogP contribution in [0.15, 0.2) is 11.6 Å². The molecule has 0 bridgehead atoms. The second-order valence-corrected chi connectivity index (χ2v) is 5.30. The number of methoxy groups -OCH3 is 1. The van der Waals surface area contributed by atoms with Gasteiger partial charge in [-0.1, -0.05) is 11.6 Å². The summed E-state index contributed by atoms with van der Waals surface area (Å²) in [6, 6.07) is 0. The molecule has 0 radical (unpaired) electrons. The fraction of sp³-hybridized carbons (Fsp3) is 0.692. The maximum Gasteiger partial charge on any atom is 0.202 e. The van der Waals surface area contributed by atoms with Crippen LogP contribution < -0.4 is 5.32 Å². The molecule has 4 nitrogen and oxygen atoms in total. The summed E-state index contributed by atoms with van der Waals surface area (Å²) < 4.78 is 9.30. The van der Waals surface area contributed by atoms with E-state index in [1.165, 1.54) is 37.2 Å². The van der Waals surface area contributed by atoms with Crippen LogP contribution in [-0.2, 0) is 11.2 Å². The molecule has 0 saturated carbocycles. The number of hydrogen-bond acceptors (Lipinski definition) is 5. The van der Waals surface area contributed by atoms with E-state index in [-0.39, 0.29) is 0 Å². The van der Waals surface area contributed by atoms with Crippen LogP contribution in [0.2, 0.25) is 0 Å². The van der Waals surface area contributed by atoms with Crippen molar-refractivity contribution in [3.63, 3.8) is 0 Å². The number of nitrogens with zero attached hydrogens (tertiary/aromatic N) is 2. The Labute approximate surface area is 113 Å². The number of rotatable bonds is 7. The molecular weight excluding hydrogens is 246 g/mol. The van der Waals surface area contributed by atoms with Crippen LogP contribution in [0, 0.1) is 0 Å². The van der Waals surface area contributed by atoms with Crippen LogP contribution in [0.4, 0.5) is 5.13 Å². The van der Waals surface area contributed by atoms with E-state index in [4.69, 9.17) is 4.74 Å². The van der Waals surface area contributed by atoms with E-state index in [2.05, 4.69) is 20.8 Å². The molecule has 0 fully saturated rings. The van der Waals surface area contributed by atoms with Crippen LogP contribution in [0.1, 0.15) is 37.9 Å². The number of allylic oxidation sites excluding steroid dienone is 1. The lowest BCUT2D eigenvalue weighted by molar-refractivity contribution is 0.201. The van der Waals surface area contributed by atoms with Gasteiger partial charge in [0.2, 0.25) is 5.13 Å². The number of ether oxygens (including phenoxy) is 1. The number of anilines is 1. The van der Waals surface area contributed by atoms with Gasteiger partial charge in [0.15, 0.2) is 0 Å². The van der Waals surface area contributed by atoms with Crippen molar-refractivity contribution in [2.45, 2.75) is 38.5 Å². The van der Waals surface area contributed by atoms with Gasteiger partial charge in [-0.15, -0.1) is 0 Å². The van der Waals surface area contributed by atoms with Crippen molar-refractivity contribution in [3.8, 4) is 0 Å². The second kappa shape index (κ2) is 7.48. The Morgan fingerprint density at radius 1 is 1.39 bits per heavy atom. The minimum Gasteiger partial charge on any atom is -0.384 e. The SMILES string of the molecule is COCCc1nsc(NCCC2=CCCCC2)n1. The first-order valence-corrected chi connectivity index (χ1v) is 7.39. The molecule has 1 N–H and O–H groups in total. The van der Waals surface area contributed by atoms with E-state index >= 15 is 0 Å². The van der Waals surface area contributed by atoms with Crippen molar-refractivity contribution < 1.29 is 4.74 Å². The van der Waals surface area contributed by atoms with E-state index in [0.717, 1.165) is 30.3 Å². The zero-order chi connectivity index (χ0) is 12.6. The molecule has 2 rings (SSSR count). The Morgan fingerprint density at radius 2 is 2.33 bits per heavy atom. The van der Waals surface area contributed by atoms with Gasteiger partial charge in [-0.3, -0.25) is 0 Å². The molecule has 1 aliphatic rings. The first kappa shape index (κ1) is 13.5. The van der Waals surface area contributed by atoms with Gasteiger partial charge in [-0.25, -0.2) is 4.98 Å². The molecule has 0 unspecified atom stereocenters. The summed E-state index contributed by atoms with van der Waals surface area (Å²) in [5, 5.41) is 4.28. The predicted molar refractivity (Wildman–Crippen MR) is 75.1 cm³/mol. The molecule has 1 heterocycles. The first-order chi connectivity index (χ1) is 8.88. The lowest BCUT2D eigenvalue weighted by Gasteiger charge is -2.12. The Hall–Kier alpha value is -0.940. The number of nitrogens with one attached hydrogen (secondary N) is 1. The summed E-state index contributed by atoms with van der Waals surface area (Å²) in [5.74, 6) is 0.876. The molecule has 100 valence electrons. The lowest BCUT2D eigenvalue weighted by atomic mass is 9.97. The van der Waals surface area contributed by atoms with Gasteiger partial charge >= 0.3 is 0 Å². The molecule has 5 heteroatoms. The van der Waals surface area contributed by atoms with Gasteiger partial charge in [0, 0.05) is 31.6 Å². The minimum atomic E-state index is 0.684. The molecule has 0 spiro atoms. The largest absolute Gasteiger partial charge is 0.384 e. The van der Waals surface area contributed by atoms with E-state index in [0.29, 0.717) is 6.61 Å². The van der Waals surface area contributed by atoms with Crippen LogP contribution in [0.25, 0.3) is 0 Å². The van der Waals surface area contributed by atoms with Crippen molar-refractivity contribution in [3.05, 3.63) is 17.5 Å². The molecule has 0 amide bonds. The summed E-state index contributed by atoms with van der Waals surface area (Å²) in [4.78, 5) is 4.43. The van der Waals surface area contributed by atoms with Crippen LogP contribution >= 0.6 is 11.5 Å². The zero-order valence-electron chi connectivity index (χ0n) is 10.9. The summed E-state index contributed by atoms with van der Waals surface area (Å²) >= 11 is 1.44. The van der Waals surface area contributed by atoms with Crippen molar-refractivity contribution in [1.29, 1.82) is 0 Å². The lowest BCUT2D eigenvalue weighted by Crippen LogP contribution is -2.04. The van der Waals surface area contributed by atoms with Crippen molar-refractivity contribution in [1.82, 2.24) is 9.36 Å². The highest BCUT2D eigenvalue weighted by atomic mass is 32.1. The first-order valence-electron chi connectivity index (χ1n) is 6.62. The smallest absolute Gasteiger partial charge is 0.202 e. The van der Waals surface area contributed by atoms with Crippen molar-refractivity contribution in [2.24, 2.45) is 0 Å². The fourth-order valence-electron chi connectivity index (χ4n) is 2.08. The van der Waals surface area contributed by atoms with Gasteiger partial charge in [0.05, 0.1) is 6.61 Å². The topological polar surface area (TPSA) is 47.0 Å². The Morgan fingerprint density at radius 3 is 3.11 bits per heavy atom. The summed E-state index contributed by atoms with van der Waals surface area (Å²) in [5.41, 5.74) is 1.60. The molecule has 0 saturated heterocycles. The highest BCUT2D eigenvalue weighted by molar-refractivity contribution is 7.09. The second-order valence-electron chi connectivity index (χ2n) is 4.54. The van der Waals surface area contributed by atoms with Crippen molar-refractivity contribution in [2.75, 3.05) is 25.6 Å². The predicted octanol–water partition coefficient (Wildman–Crippen LogP) is 3.03. The normalized spacial score (nSPS) is 15.5. The van der Waals surface area contributed by atoms with Gasteiger partial charge in [0.25, 0.3) is 0 Å². The average Bonchev–Trinajstić information content (AvgIpc) is 2.85. The monoisotopic (exact) mass is 267 g/mol. The summed E-state index contributed by atoms with van der Waals surface area (Å²) in [7, 11) is 1.70. The molecular formula is C13H21N3OS. The molecule has 0 aliphatic heterocycles. The standard InChI is InChI=1S/C13H21N3OS/c1-17-10-8-12-15-13(18-16-12)14-9-7-11-5-3-2-4-6-11/h5H,2-4,6-10H2,1H3,(H,14,15,16). The molecule has 0 aromatic carbocycles. The quantitative estimate of drug-likeness (QED) is 0.771. The van der Waals surface area contributed by atoms with Gasteiger partial charge in [-0.05, 0) is 32.1 Å². The molecule has 1 aromatic rings. The Kier molecular flexibility index (Phi) is 5.61. The van der Waals surface area contributed by atoms with Crippen molar-refractivity contribution >= 4 is 16.7 Å². The Bertz CT molecular complexity index is 389.